The lowest BCUT2D eigenvalue weighted by atomic mass is 9.82. The predicted octanol–water partition coefficient (Wildman–Crippen LogP) is 6.63. The fraction of sp³-hybridized carbons (Fsp3) is 0.708. The number of fused-ring (bicyclic) bond motifs is 2. The average Bonchev–Trinajstić information content (AvgIpc) is 3.83. The van der Waals surface area contributed by atoms with Crippen molar-refractivity contribution in [2.45, 2.75) is 122 Å². The van der Waals surface area contributed by atoms with Crippen molar-refractivity contribution in [3.8, 4) is 0 Å². The summed E-state index contributed by atoms with van der Waals surface area (Å²) >= 11 is 0. The number of hydrogen-bond donors (Lipinski definition) is 5. The lowest BCUT2D eigenvalue weighted by molar-refractivity contribution is -0.156. The van der Waals surface area contributed by atoms with Crippen LogP contribution in [0.3, 0.4) is 0 Å². The first-order chi connectivity index (χ1) is 31.3. The molecule has 0 amide bonds. The molecule has 6 fully saturated rings. The van der Waals surface area contributed by atoms with Gasteiger partial charge in [-0.25, -0.2) is 19.9 Å². The SMILES string of the molecule is C[Si](C)(C)CCOCn1ccc2c(N3CC[C@@H](C(=O)O)C4(CC4)C3)ncnc21.O=C(OCC1(CO)CCCC1)[C@@H]1CCN(c2ncnc3[nH]ccc23)CC12CC2.OCC1(CO)CCCC1. The number of carboxylic acid groups (broad SMARTS) is 1. The Balaban J connectivity index is 0.000000149. The van der Waals surface area contributed by atoms with Gasteiger partial charge >= 0.3 is 11.9 Å². The Hall–Kier alpha value is -4.16. The van der Waals surface area contributed by atoms with Gasteiger partial charge in [0.15, 0.2) is 0 Å². The summed E-state index contributed by atoms with van der Waals surface area (Å²) in [6, 6.07) is 5.21. The number of esters is 1. The zero-order valence-corrected chi connectivity index (χ0v) is 39.8. The van der Waals surface area contributed by atoms with E-state index in [0.717, 1.165) is 143 Å². The number of aliphatic carboxylic acids is 1. The Bertz CT molecular complexity index is 2230. The molecule has 65 heavy (non-hydrogen) atoms. The van der Waals surface area contributed by atoms with Crippen molar-refractivity contribution in [3.05, 3.63) is 37.2 Å². The topological polar surface area (TPSA) is 212 Å². The third-order valence-electron chi connectivity index (χ3n) is 15.8. The van der Waals surface area contributed by atoms with Gasteiger partial charge in [0.1, 0.15) is 42.3 Å². The molecule has 2 atom stereocenters. The van der Waals surface area contributed by atoms with Gasteiger partial charge in [0.05, 0.1) is 49.0 Å². The summed E-state index contributed by atoms with van der Waals surface area (Å²) in [5.41, 5.74) is 1.37. The van der Waals surface area contributed by atoms with Gasteiger partial charge < -0.3 is 49.3 Å². The number of carboxylic acids is 1. The Morgan fingerprint density at radius 1 is 0.754 bits per heavy atom. The van der Waals surface area contributed by atoms with Crippen LogP contribution in [0.15, 0.2) is 37.2 Å². The molecular formula is C48H72N8O8Si. The van der Waals surface area contributed by atoms with Crippen LogP contribution in [0, 0.1) is 33.5 Å². The number of carbonyl (C=O) groups is 2. The van der Waals surface area contributed by atoms with E-state index in [1.54, 1.807) is 12.7 Å². The number of anilines is 2. The molecule has 0 aromatic carbocycles. The fourth-order valence-corrected chi connectivity index (χ4v) is 11.8. The molecule has 2 saturated heterocycles. The highest BCUT2D eigenvalue weighted by Crippen LogP contribution is 2.57. The third-order valence-corrected chi connectivity index (χ3v) is 17.5. The molecule has 16 nitrogen and oxygen atoms in total. The van der Waals surface area contributed by atoms with Crippen molar-refractivity contribution in [2.75, 3.05) is 69.0 Å². The molecule has 0 radical (unpaired) electrons. The van der Waals surface area contributed by atoms with Crippen LogP contribution in [0.25, 0.3) is 22.1 Å². The zero-order valence-electron chi connectivity index (χ0n) is 38.8. The Morgan fingerprint density at radius 3 is 1.89 bits per heavy atom. The molecule has 10 rings (SSSR count). The van der Waals surface area contributed by atoms with Gasteiger partial charge in [-0.3, -0.25) is 9.59 Å². The molecular weight excluding hydrogens is 845 g/mol. The largest absolute Gasteiger partial charge is 0.481 e. The molecule has 17 heteroatoms. The van der Waals surface area contributed by atoms with E-state index in [-0.39, 0.29) is 59.3 Å². The molecule has 0 unspecified atom stereocenters. The van der Waals surface area contributed by atoms with Crippen LogP contribution in [0.1, 0.15) is 89.9 Å². The first kappa shape index (κ1) is 47.3. The van der Waals surface area contributed by atoms with Crippen molar-refractivity contribution < 1.29 is 39.5 Å². The molecule has 0 bridgehead atoms. The lowest BCUT2D eigenvalue weighted by Crippen LogP contribution is -2.46. The quantitative estimate of drug-likeness (QED) is 0.0511. The first-order valence-corrected chi connectivity index (χ1v) is 27.9. The first-order valence-electron chi connectivity index (χ1n) is 24.1. The van der Waals surface area contributed by atoms with Crippen molar-refractivity contribution >= 4 is 53.7 Å². The van der Waals surface area contributed by atoms with Crippen molar-refractivity contribution in [2.24, 2.45) is 33.5 Å². The lowest BCUT2D eigenvalue weighted by Gasteiger charge is -2.39. The van der Waals surface area contributed by atoms with Crippen LogP contribution in [-0.2, 0) is 25.8 Å². The number of hydrogen-bond acceptors (Lipinski definition) is 13. The van der Waals surface area contributed by atoms with E-state index in [1.165, 1.54) is 12.8 Å². The summed E-state index contributed by atoms with van der Waals surface area (Å²) in [5, 5.41) is 39.1. The minimum absolute atomic E-state index is 0.0188. The summed E-state index contributed by atoms with van der Waals surface area (Å²) in [6.07, 6.45) is 21.2. The monoisotopic (exact) mass is 917 g/mol. The fourth-order valence-electron chi connectivity index (χ4n) is 11.1. The third kappa shape index (κ3) is 10.5. The maximum absolute atomic E-state index is 12.9. The highest BCUT2D eigenvalue weighted by molar-refractivity contribution is 6.76. The van der Waals surface area contributed by atoms with Gasteiger partial charge in [-0.1, -0.05) is 45.3 Å². The number of aliphatic hydroxyl groups is 3. The van der Waals surface area contributed by atoms with Crippen LogP contribution in [0.5, 0.6) is 0 Å². The number of H-pyrrole nitrogens is 1. The van der Waals surface area contributed by atoms with Gasteiger partial charge in [-0.05, 0) is 82.4 Å². The van der Waals surface area contributed by atoms with E-state index in [2.05, 4.69) is 60.4 Å². The number of nitrogens with zero attached hydrogens (tertiary/aromatic N) is 7. The highest BCUT2D eigenvalue weighted by Gasteiger charge is 2.57. The van der Waals surface area contributed by atoms with Crippen LogP contribution in [0.4, 0.5) is 11.6 Å². The minimum atomic E-state index is -1.09. The molecule has 6 aliphatic rings. The van der Waals surface area contributed by atoms with Crippen LogP contribution in [-0.4, -0.2) is 129 Å². The predicted molar refractivity (Wildman–Crippen MR) is 251 cm³/mol. The molecule has 356 valence electrons. The normalized spacial score (nSPS) is 23.5. The number of aromatic nitrogens is 6. The second-order valence-electron chi connectivity index (χ2n) is 21.6. The maximum atomic E-state index is 12.9. The number of aromatic amines is 1. The van der Waals surface area contributed by atoms with Gasteiger partial charge in [0, 0.05) is 74.9 Å². The van der Waals surface area contributed by atoms with E-state index in [0.29, 0.717) is 19.8 Å². The molecule has 4 aromatic rings. The van der Waals surface area contributed by atoms with E-state index >= 15 is 0 Å². The average molecular weight is 917 g/mol. The number of carbonyl (C=O) groups excluding carboxylic acids is 1. The maximum Gasteiger partial charge on any atom is 0.309 e. The van der Waals surface area contributed by atoms with Crippen molar-refractivity contribution in [1.29, 1.82) is 0 Å². The minimum Gasteiger partial charge on any atom is -0.481 e. The summed E-state index contributed by atoms with van der Waals surface area (Å²) < 4.78 is 13.7. The Labute approximate surface area is 383 Å². The van der Waals surface area contributed by atoms with Crippen LogP contribution in [0.2, 0.25) is 25.7 Å². The molecule has 2 spiro atoms. The van der Waals surface area contributed by atoms with Crippen LogP contribution >= 0.6 is 0 Å². The molecule has 6 heterocycles. The van der Waals surface area contributed by atoms with E-state index in [1.807, 2.05) is 23.0 Å². The summed E-state index contributed by atoms with van der Waals surface area (Å²) in [5.74, 6) is 0.906. The highest BCUT2D eigenvalue weighted by atomic mass is 28.3. The Kier molecular flexibility index (Phi) is 14.3. The second kappa shape index (κ2) is 19.6. The summed E-state index contributed by atoms with van der Waals surface area (Å²) in [6.45, 7) is 12.2. The van der Waals surface area contributed by atoms with Crippen molar-refractivity contribution in [1.82, 2.24) is 29.5 Å². The number of rotatable bonds is 14. The smallest absolute Gasteiger partial charge is 0.309 e. The van der Waals surface area contributed by atoms with Gasteiger partial charge in [-0.15, -0.1) is 0 Å². The molecule has 4 aliphatic carbocycles. The second-order valence-corrected chi connectivity index (χ2v) is 27.2. The van der Waals surface area contributed by atoms with Gasteiger partial charge in [0.25, 0.3) is 0 Å². The standard InChI is InChI=1S/C21H28N4O3.C20H30N4O3Si.C7H14O2/c26-12-20(5-1-2-6-20)13-28-19(27)16-4-10-25(11-21(16)7-8-21)18-15-3-9-22-17(15)23-14-24-18;1-28(2,3)11-10-27-14-24-8-4-15-17(21-13-22-18(15)24)23-9-5-16(19(25)26)20(12-23)6-7-20;8-5-7(6-9)3-1-2-4-7/h3,9,14,16,26H,1-2,4-8,10-13H2,(H,22,23,24);4,8,13,16H,5-7,9-12,14H2,1-3H3,(H,25,26);8-9H,1-6H2/t2*16-;/m00./s1. The van der Waals surface area contributed by atoms with E-state index in [4.69, 9.17) is 19.7 Å². The molecule has 4 aromatic heterocycles. The number of aliphatic hydroxyl groups excluding tert-OH is 3. The Morgan fingerprint density at radius 2 is 1.32 bits per heavy atom. The molecule has 4 saturated carbocycles. The number of ether oxygens (including phenoxy) is 2. The zero-order chi connectivity index (χ0) is 45.9. The van der Waals surface area contributed by atoms with Crippen molar-refractivity contribution in [3.63, 3.8) is 0 Å². The van der Waals surface area contributed by atoms with Gasteiger partial charge in [-0.2, -0.15) is 0 Å². The molecule has 2 aliphatic heterocycles. The summed E-state index contributed by atoms with van der Waals surface area (Å²) in [4.78, 5) is 50.1. The van der Waals surface area contributed by atoms with Gasteiger partial charge in [0.2, 0.25) is 0 Å². The number of piperidine rings is 2. The summed E-state index contributed by atoms with van der Waals surface area (Å²) in [7, 11) is -1.09. The number of nitrogens with one attached hydrogen (secondary N) is 1. The van der Waals surface area contributed by atoms with E-state index < -0.39 is 14.0 Å². The van der Waals surface area contributed by atoms with E-state index in [9.17, 15) is 19.8 Å². The molecule has 5 N–H and O–H groups in total. The van der Waals surface area contributed by atoms with Crippen LogP contribution < -0.4 is 9.80 Å².